The fourth-order valence-corrected chi connectivity index (χ4v) is 2.16. The predicted octanol–water partition coefficient (Wildman–Crippen LogP) is 3.75. The molecule has 2 nitrogen and oxygen atoms in total. The van der Waals surface area contributed by atoms with E-state index >= 15 is 0 Å². The van der Waals surface area contributed by atoms with E-state index in [4.69, 9.17) is 0 Å². The van der Waals surface area contributed by atoms with Gasteiger partial charge in [-0.25, -0.2) is 8.78 Å². The minimum Gasteiger partial charge on any atom is -0.323 e. The van der Waals surface area contributed by atoms with E-state index in [1.165, 1.54) is 6.92 Å². The lowest BCUT2D eigenvalue weighted by Gasteiger charge is -2.13. The van der Waals surface area contributed by atoms with Crippen LogP contribution in [0.1, 0.15) is 11.1 Å². The summed E-state index contributed by atoms with van der Waals surface area (Å²) in [6, 6.07) is 11.4. The van der Waals surface area contributed by atoms with E-state index in [0.29, 0.717) is 6.42 Å². The van der Waals surface area contributed by atoms with E-state index in [0.717, 1.165) is 17.7 Å². The Labute approximate surface area is 127 Å². The second kappa shape index (κ2) is 6.72. The van der Waals surface area contributed by atoms with Crippen molar-refractivity contribution in [1.82, 2.24) is 0 Å². The maximum atomic E-state index is 13.7. The van der Waals surface area contributed by atoms with E-state index in [1.54, 1.807) is 0 Å². The van der Waals surface area contributed by atoms with Crippen LogP contribution in [0.5, 0.6) is 0 Å². The lowest BCUT2D eigenvalue weighted by Crippen LogP contribution is -2.25. The third kappa shape index (κ3) is 4.04. The average molecular weight is 307 g/mol. The van der Waals surface area contributed by atoms with Crippen LogP contribution in [-0.4, -0.2) is 11.2 Å². The van der Waals surface area contributed by atoms with Crippen molar-refractivity contribution in [2.45, 2.75) is 18.6 Å². The van der Waals surface area contributed by atoms with Crippen LogP contribution >= 0.6 is 12.6 Å². The molecule has 2 aromatic carbocycles. The molecule has 0 radical (unpaired) electrons. The molecule has 0 aromatic heterocycles. The van der Waals surface area contributed by atoms with Gasteiger partial charge in [0.25, 0.3) is 0 Å². The first-order chi connectivity index (χ1) is 9.97. The van der Waals surface area contributed by atoms with Crippen LogP contribution < -0.4 is 5.32 Å². The fraction of sp³-hybridized carbons (Fsp3) is 0.188. The fourth-order valence-electron chi connectivity index (χ4n) is 1.89. The summed E-state index contributed by atoms with van der Waals surface area (Å²) in [7, 11) is 0. The monoisotopic (exact) mass is 307 g/mol. The molecule has 1 amide bonds. The van der Waals surface area contributed by atoms with Crippen LogP contribution in [0.25, 0.3) is 0 Å². The van der Waals surface area contributed by atoms with Crippen LogP contribution in [0.15, 0.2) is 42.5 Å². The number of carbonyl (C=O) groups is 1. The van der Waals surface area contributed by atoms with Gasteiger partial charge in [0.15, 0.2) is 0 Å². The third-order valence-corrected chi connectivity index (χ3v) is 3.50. The summed E-state index contributed by atoms with van der Waals surface area (Å²) in [6.07, 6.45) is 0.408. The Balaban J connectivity index is 2.06. The molecule has 2 rings (SSSR count). The van der Waals surface area contributed by atoms with Crippen molar-refractivity contribution in [3.63, 3.8) is 0 Å². The van der Waals surface area contributed by atoms with Crippen LogP contribution in [0.2, 0.25) is 0 Å². The molecule has 0 saturated carbocycles. The van der Waals surface area contributed by atoms with Gasteiger partial charge in [0, 0.05) is 6.07 Å². The Bertz CT molecular complexity index is 646. The predicted molar refractivity (Wildman–Crippen MR) is 82.6 cm³/mol. The summed E-state index contributed by atoms with van der Waals surface area (Å²) in [5, 5.41) is 1.73. The van der Waals surface area contributed by atoms with Gasteiger partial charge in [-0.1, -0.05) is 30.3 Å². The average Bonchev–Trinajstić information content (AvgIpc) is 2.45. The molecule has 21 heavy (non-hydrogen) atoms. The third-order valence-electron chi connectivity index (χ3n) is 3.08. The highest BCUT2D eigenvalue weighted by atomic mass is 32.1. The Morgan fingerprint density at radius 3 is 2.52 bits per heavy atom. The topological polar surface area (TPSA) is 29.1 Å². The quantitative estimate of drug-likeness (QED) is 0.828. The van der Waals surface area contributed by atoms with Crippen molar-refractivity contribution < 1.29 is 13.6 Å². The second-order valence-electron chi connectivity index (χ2n) is 4.78. The number of aryl methyl sites for hydroxylation is 1. The maximum absolute atomic E-state index is 13.7. The minimum atomic E-state index is -0.664. The van der Waals surface area contributed by atoms with Crippen molar-refractivity contribution in [3.8, 4) is 0 Å². The molecule has 5 heteroatoms. The van der Waals surface area contributed by atoms with Gasteiger partial charge in [-0.15, -0.1) is 0 Å². The molecule has 1 atom stereocenters. The van der Waals surface area contributed by atoms with Gasteiger partial charge in [0.2, 0.25) is 5.91 Å². The lowest BCUT2D eigenvalue weighted by atomic mass is 10.1. The van der Waals surface area contributed by atoms with Crippen molar-refractivity contribution in [3.05, 3.63) is 65.2 Å². The number of anilines is 1. The number of hydrogen-bond donors (Lipinski definition) is 2. The van der Waals surface area contributed by atoms with Gasteiger partial charge < -0.3 is 5.32 Å². The molecular formula is C16H15F2NOS. The first kappa shape index (κ1) is 15.5. The molecule has 0 bridgehead atoms. The standard InChI is InChI=1S/C16H15F2NOS/c1-10-7-13(18)14(9-12(10)17)19-16(20)15(21)8-11-5-3-2-4-6-11/h2-7,9,15,21H,8H2,1H3,(H,19,20). The summed E-state index contributed by atoms with van der Waals surface area (Å²) < 4.78 is 27.1. The van der Waals surface area contributed by atoms with Crippen molar-refractivity contribution in [2.24, 2.45) is 0 Å². The molecule has 110 valence electrons. The molecule has 0 saturated heterocycles. The smallest absolute Gasteiger partial charge is 0.237 e. The number of rotatable bonds is 4. The van der Waals surface area contributed by atoms with E-state index in [2.05, 4.69) is 17.9 Å². The molecule has 0 aliphatic rings. The first-order valence-electron chi connectivity index (χ1n) is 6.46. The molecule has 0 aliphatic heterocycles. The molecular weight excluding hydrogens is 292 g/mol. The molecule has 2 aromatic rings. The largest absolute Gasteiger partial charge is 0.323 e. The van der Waals surface area contributed by atoms with Crippen LogP contribution in [0.3, 0.4) is 0 Å². The number of thiol groups is 1. The molecule has 0 spiro atoms. The highest BCUT2D eigenvalue weighted by molar-refractivity contribution is 7.81. The molecule has 1 N–H and O–H groups in total. The van der Waals surface area contributed by atoms with Crippen molar-refractivity contribution in [2.75, 3.05) is 5.32 Å². The normalized spacial score (nSPS) is 12.0. The lowest BCUT2D eigenvalue weighted by molar-refractivity contribution is -0.115. The van der Waals surface area contributed by atoms with E-state index in [9.17, 15) is 13.6 Å². The molecule has 0 heterocycles. The number of halogens is 2. The minimum absolute atomic E-state index is 0.171. The number of nitrogens with one attached hydrogen (secondary N) is 1. The SMILES string of the molecule is Cc1cc(F)c(NC(=O)C(S)Cc2ccccc2)cc1F. The zero-order chi connectivity index (χ0) is 15.4. The zero-order valence-electron chi connectivity index (χ0n) is 11.4. The van der Waals surface area contributed by atoms with Gasteiger partial charge in [-0.2, -0.15) is 12.6 Å². The Morgan fingerprint density at radius 1 is 1.19 bits per heavy atom. The second-order valence-corrected chi connectivity index (χ2v) is 5.40. The summed E-state index contributed by atoms with van der Waals surface area (Å²) in [4.78, 5) is 12.0. The van der Waals surface area contributed by atoms with E-state index in [-0.39, 0.29) is 11.3 Å². The van der Waals surface area contributed by atoms with Gasteiger partial charge >= 0.3 is 0 Å². The Morgan fingerprint density at radius 2 is 1.86 bits per heavy atom. The summed E-state index contributed by atoms with van der Waals surface area (Å²) in [5.74, 6) is -1.70. The van der Waals surface area contributed by atoms with Crippen LogP contribution in [-0.2, 0) is 11.2 Å². The Kier molecular flexibility index (Phi) is 4.96. The van der Waals surface area contributed by atoms with Gasteiger partial charge in [0.1, 0.15) is 11.6 Å². The maximum Gasteiger partial charge on any atom is 0.237 e. The first-order valence-corrected chi connectivity index (χ1v) is 6.97. The zero-order valence-corrected chi connectivity index (χ0v) is 12.3. The number of carbonyl (C=O) groups excluding carboxylic acids is 1. The summed E-state index contributed by atoms with van der Waals surface area (Å²) in [6.45, 7) is 1.46. The summed E-state index contributed by atoms with van der Waals surface area (Å²) in [5.41, 5.74) is 0.968. The highest BCUT2D eigenvalue weighted by Gasteiger charge is 2.17. The van der Waals surface area contributed by atoms with Crippen LogP contribution in [0, 0.1) is 18.6 Å². The van der Waals surface area contributed by atoms with E-state index < -0.39 is 22.8 Å². The Hall–Kier alpha value is -1.88. The summed E-state index contributed by atoms with van der Waals surface area (Å²) >= 11 is 4.22. The van der Waals surface area contributed by atoms with Crippen LogP contribution in [0.4, 0.5) is 14.5 Å². The number of benzene rings is 2. The van der Waals surface area contributed by atoms with Crippen molar-refractivity contribution >= 4 is 24.2 Å². The van der Waals surface area contributed by atoms with Gasteiger partial charge in [-0.05, 0) is 30.5 Å². The number of hydrogen-bond acceptors (Lipinski definition) is 2. The van der Waals surface area contributed by atoms with Gasteiger partial charge in [0.05, 0.1) is 10.9 Å². The molecule has 0 fully saturated rings. The van der Waals surface area contributed by atoms with E-state index in [1.807, 2.05) is 30.3 Å². The van der Waals surface area contributed by atoms with Gasteiger partial charge in [-0.3, -0.25) is 4.79 Å². The molecule has 1 unspecified atom stereocenters. The number of amides is 1. The highest BCUT2D eigenvalue weighted by Crippen LogP contribution is 2.20. The van der Waals surface area contributed by atoms with Crippen molar-refractivity contribution in [1.29, 1.82) is 0 Å². The molecule has 0 aliphatic carbocycles.